The Morgan fingerprint density at radius 1 is 1.08 bits per heavy atom. The third-order valence-electron chi connectivity index (χ3n) is 3.90. The lowest BCUT2D eigenvalue weighted by Gasteiger charge is -2.06. The predicted octanol–water partition coefficient (Wildman–Crippen LogP) is 4.64. The second kappa shape index (κ2) is 6.90. The van der Waals surface area contributed by atoms with Gasteiger partial charge < -0.3 is 8.98 Å². The van der Waals surface area contributed by atoms with E-state index in [2.05, 4.69) is 10.5 Å². The Hall–Kier alpha value is -3.31. The molecule has 128 valence electrons. The fraction of sp³-hybridized carbons (Fsp3) is 0. The molecule has 26 heavy (non-hydrogen) atoms. The highest BCUT2D eigenvalue weighted by atomic mass is 35.5. The van der Waals surface area contributed by atoms with Crippen LogP contribution in [0.25, 0.3) is 16.7 Å². The van der Waals surface area contributed by atoms with Gasteiger partial charge in [0.15, 0.2) is 5.76 Å². The van der Waals surface area contributed by atoms with Gasteiger partial charge in [-0.2, -0.15) is 5.10 Å². The smallest absolute Gasteiger partial charge is 0.307 e. The third kappa shape index (κ3) is 3.25. The summed E-state index contributed by atoms with van der Waals surface area (Å²) in [6.07, 6.45) is 3.49. The highest BCUT2D eigenvalue weighted by Crippen LogP contribution is 2.18. The molecule has 2 aromatic carbocycles. The average molecular weight is 364 g/mol. The number of nitrogens with one attached hydrogen (secondary N) is 1. The molecule has 6 heteroatoms. The van der Waals surface area contributed by atoms with Crippen LogP contribution in [0.1, 0.15) is 16.2 Å². The number of para-hydroxylation sites is 1. The lowest BCUT2D eigenvalue weighted by molar-refractivity contribution is 0.0929. The SMILES string of the molecule is O=C(NN=Cc1cccn1-c1ccc(Cl)cc1)c1cc2ccccc2o1. The molecule has 4 rings (SSSR count). The van der Waals surface area contributed by atoms with Gasteiger partial charge >= 0.3 is 5.91 Å². The summed E-state index contributed by atoms with van der Waals surface area (Å²) >= 11 is 5.93. The lowest BCUT2D eigenvalue weighted by Crippen LogP contribution is -2.17. The van der Waals surface area contributed by atoms with Gasteiger partial charge in [0.2, 0.25) is 0 Å². The molecule has 2 heterocycles. The number of rotatable bonds is 4. The van der Waals surface area contributed by atoms with Crippen LogP contribution < -0.4 is 5.43 Å². The van der Waals surface area contributed by atoms with Crippen molar-refractivity contribution < 1.29 is 9.21 Å². The van der Waals surface area contributed by atoms with Crippen LogP contribution in [-0.4, -0.2) is 16.7 Å². The van der Waals surface area contributed by atoms with Gasteiger partial charge in [-0.3, -0.25) is 4.79 Å². The number of hydrogen-bond acceptors (Lipinski definition) is 3. The zero-order valence-corrected chi connectivity index (χ0v) is 14.4. The first-order chi connectivity index (χ1) is 12.7. The van der Waals surface area contributed by atoms with Gasteiger partial charge in [0.1, 0.15) is 5.58 Å². The maximum atomic E-state index is 12.2. The fourth-order valence-corrected chi connectivity index (χ4v) is 2.77. The molecule has 0 atom stereocenters. The number of amides is 1. The zero-order chi connectivity index (χ0) is 17.9. The van der Waals surface area contributed by atoms with Gasteiger partial charge in [0, 0.05) is 22.3 Å². The summed E-state index contributed by atoms with van der Waals surface area (Å²) in [5.74, 6) is -0.182. The Morgan fingerprint density at radius 3 is 2.69 bits per heavy atom. The summed E-state index contributed by atoms with van der Waals surface area (Å²) in [4.78, 5) is 12.2. The number of furan rings is 1. The molecule has 0 aliphatic heterocycles. The van der Waals surface area contributed by atoms with Crippen LogP contribution >= 0.6 is 11.6 Å². The fourth-order valence-electron chi connectivity index (χ4n) is 2.64. The Bertz CT molecular complexity index is 1060. The van der Waals surface area contributed by atoms with Crippen molar-refractivity contribution in [2.24, 2.45) is 5.10 Å². The Kier molecular flexibility index (Phi) is 4.29. The number of nitrogens with zero attached hydrogens (tertiary/aromatic N) is 2. The van der Waals surface area contributed by atoms with Crippen molar-refractivity contribution in [1.29, 1.82) is 0 Å². The van der Waals surface area contributed by atoms with Crippen LogP contribution in [0, 0.1) is 0 Å². The molecule has 0 aliphatic carbocycles. The van der Waals surface area contributed by atoms with E-state index in [9.17, 15) is 4.79 Å². The van der Waals surface area contributed by atoms with Crippen LogP contribution in [0.4, 0.5) is 0 Å². The predicted molar refractivity (Wildman–Crippen MR) is 102 cm³/mol. The molecule has 0 aliphatic rings. The van der Waals surface area contributed by atoms with Gasteiger partial charge in [0.25, 0.3) is 0 Å². The van der Waals surface area contributed by atoms with Gasteiger partial charge in [-0.05, 0) is 48.5 Å². The zero-order valence-electron chi connectivity index (χ0n) is 13.6. The molecule has 0 spiro atoms. The number of benzene rings is 2. The number of carbonyl (C=O) groups excluding carboxylic acids is 1. The maximum Gasteiger partial charge on any atom is 0.307 e. The topological polar surface area (TPSA) is 59.5 Å². The molecule has 0 bridgehead atoms. The van der Waals surface area contributed by atoms with E-state index in [1.807, 2.05) is 71.4 Å². The summed E-state index contributed by atoms with van der Waals surface area (Å²) in [6, 6.07) is 20.4. The van der Waals surface area contributed by atoms with Crippen molar-refractivity contribution in [2.45, 2.75) is 0 Å². The first kappa shape index (κ1) is 16.2. The van der Waals surface area contributed by atoms with Crippen molar-refractivity contribution >= 4 is 34.7 Å². The number of hydrazone groups is 1. The number of hydrogen-bond donors (Lipinski definition) is 1. The highest BCUT2D eigenvalue weighted by Gasteiger charge is 2.11. The van der Waals surface area contributed by atoms with Crippen molar-refractivity contribution in [3.8, 4) is 5.69 Å². The Morgan fingerprint density at radius 2 is 1.88 bits per heavy atom. The molecule has 4 aromatic rings. The normalized spacial score (nSPS) is 11.3. The van der Waals surface area contributed by atoms with E-state index in [-0.39, 0.29) is 5.76 Å². The van der Waals surface area contributed by atoms with Crippen LogP contribution in [0.3, 0.4) is 0 Å². The van der Waals surface area contributed by atoms with Crippen LogP contribution in [0.2, 0.25) is 5.02 Å². The minimum absolute atomic E-state index is 0.219. The second-order valence-electron chi connectivity index (χ2n) is 5.63. The van der Waals surface area contributed by atoms with Gasteiger partial charge in [-0.1, -0.05) is 29.8 Å². The molecular formula is C20H14ClN3O2. The quantitative estimate of drug-likeness (QED) is 0.424. The van der Waals surface area contributed by atoms with E-state index in [1.165, 1.54) is 0 Å². The van der Waals surface area contributed by atoms with Crippen LogP contribution in [0.5, 0.6) is 0 Å². The summed E-state index contributed by atoms with van der Waals surface area (Å²) in [7, 11) is 0. The number of halogens is 1. The number of carbonyl (C=O) groups is 1. The van der Waals surface area contributed by atoms with Crippen molar-refractivity contribution in [3.05, 3.63) is 89.4 Å². The molecule has 0 radical (unpaired) electrons. The molecule has 0 saturated carbocycles. The third-order valence-corrected chi connectivity index (χ3v) is 4.15. The van der Waals surface area contributed by atoms with E-state index < -0.39 is 5.91 Å². The molecule has 0 fully saturated rings. The van der Waals surface area contributed by atoms with E-state index in [4.69, 9.17) is 16.0 Å². The largest absolute Gasteiger partial charge is 0.451 e. The minimum atomic E-state index is -0.401. The molecular weight excluding hydrogens is 350 g/mol. The van der Waals surface area contributed by atoms with Gasteiger partial charge in [0.05, 0.1) is 11.9 Å². The summed E-state index contributed by atoms with van der Waals surface area (Å²) in [5.41, 5.74) is 4.92. The number of fused-ring (bicyclic) bond motifs is 1. The first-order valence-electron chi connectivity index (χ1n) is 7.96. The molecule has 5 nitrogen and oxygen atoms in total. The minimum Gasteiger partial charge on any atom is -0.451 e. The second-order valence-corrected chi connectivity index (χ2v) is 6.06. The Labute approximate surface area is 154 Å². The maximum absolute atomic E-state index is 12.2. The monoisotopic (exact) mass is 363 g/mol. The highest BCUT2D eigenvalue weighted by molar-refractivity contribution is 6.30. The average Bonchev–Trinajstić information content (AvgIpc) is 3.29. The van der Waals surface area contributed by atoms with Crippen LogP contribution in [-0.2, 0) is 0 Å². The summed E-state index contributed by atoms with van der Waals surface area (Å²) in [5, 5.41) is 5.58. The van der Waals surface area contributed by atoms with Crippen LogP contribution in [0.15, 0.2) is 82.4 Å². The summed E-state index contributed by atoms with van der Waals surface area (Å²) in [6.45, 7) is 0. The molecule has 2 aromatic heterocycles. The standard InChI is InChI=1S/C20H14ClN3O2/c21-15-7-9-16(10-8-15)24-11-3-5-17(24)13-22-23-20(25)19-12-14-4-1-2-6-18(14)26-19/h1-13H,(H,23,25). The van der Waals surface area contributed by atoms with Gasteiger partial charge in [-0.15, -0.1) is 0 Å². The van der Waals surface area contributed by atoms with Crippen molar-refractivity contribution in [2.75, 3.05) is 0 Å². The van der Waals surface area contributed by atoms with E-state index >= 15 is 0 Å². The molecule has 0 unspecified atom stereocenters. The van der Waals surface area contributed by atoms with E-state index in [1.54, 1.807) is 12.3 Å². The molecule has 1 amide bonds. The summed E-state index contributed by atoms with van der Waals surface area (Å²) < 4.78 is 7.46. The van der Waals surface area contributed by atoms with E-state index in [0.29, 0.717) is 10.6 Å². The van der Waals surface area contributed by atoms with E-state index in [0.717, 1.165) is 16.8 Å². The first-order valence-corrected chi connectivity index (χ1v) is 8.34. The molecule has 0 saturated heterocycles. The van der Waals surface area contributed by atoms with Crippen molar-refractivity contribution in [3.63, 3.8) is 0 Å². The number of aromatic nitrogens is 1. The Balaban J connectivity index is 1.49. The molecule has 1 N–H and O–H groups in total. The lowest BCUT2D eigenvalue weighted by atomic mass is 10.2. The van der Waals surface area contributed by atoms with Gasteiger partial charge in [-0.25, -0.2) is 5.43 Å². The van der Waals surface area contributed by atoms with Crippen molar-refractivity contribution in [1.82, 2.24) is 9.99 Å².